The summed E-state index contributed by atoms with van der Waals surface area (Å²) in [4.78, 5) is 17.8. The van der Waals surface area contributed by atoms with E-state index in [1.807, 2.05) is 31.2 Å². The molecule has 0 saturated carbocycles. The molecule has 2 heterocycles. The average molecular weight is 390 g/mol. The summed E-state index contributed by atoms with van der Waals surface area (Å²) in [6.07, 6.45) is 0. The van der Waals surface area contributed by atoms with Gasteiger partial charge < -0.3 is 10.1 Å². The third kappa shape index (κ3) is 3.54. The topological polar surface area (TPSA) is 69.0 Å². The molecule has 0 bridgehead atoms. The van der Waals surface area contributed by atoms with Crippen molar-refractivity contribution in [1.29, 1.82) is 0 Å². The summed E-state index contributed by atoms with van der Waals surface area (Å²) in [6.45, 7) is 1.83. The fourth-order valence-corrected chi connectivity index (χ4v) is 3.30. The highest BCUT2D eigenvalue weighted by Crippen LogP contribution is 2.28. The Hall–Kier alpha value is -3.74. The van der Waals surface area contributed by atoms with Crippen molar-refractivity contribution in [3.05, 3.63) is 71.7 Å². The van der Waals surface area contributed by atoms with E-state index in [1.165, 1.54) is 12.1 Å². The number of nitrogens with one attached hydrogen (secondary N) is 1. The molecule has 0 saturated heterocycles. The molecule has 1 N–H and O–H groups in total. The Bertz CT molecular complexity index is 1220. The number of aromatic nitrogens is 3. The molecule has 1 amide bonds. The Morgan fingerprint density at radius 1 is 1.14 bits per heavy atom. The van der Waals surface area contributed by atoms with Crippen LogP contribution in [0.3, 0.4) is 0 Å². The van der Waals surface area contributed by atoms with Gasteiger partial charge in [0, 0.05) is 18.3 Å². The van der Waals surface area contributed by atoms with Crippen molar-refractivity contribution in [1.82, 2.24) is 14.8 Å². The molecule has 7 heteroatoms. The first kappa shape index (κ1) is 18.6. The number of ether oxygens (including phenoxy) is 1. The molecule has 2 aromatic carbocycles. The molecule has 0 radical (unpaired) electrons. The number of carbonyl (C=O) groups is 1. The normalized spacial score (nSPS) is 10.9. The summed E-state index contributed by atoms with van der Waals surface area (Å²) in [7, 11) is 3.39. The van der Waals surface area contributed by atoms with Gasteiger partial charge in [0.25, 0.3) is 5.91 Å². The maximum atomic E-state index is 13.5. The number of halogens is 1. The molecule has 29 heavy (non-hydrogen) atoms. The summed E-state index contributed by atoms with van der Waals surface area (Å²) in [5.41, 5.74) is 3.57. The first-order valence-corrected chi connectivity index (χ1v) is 9.02. The second-order valence-corrected chi connectivity index (χ2v) is 6.66. The number of anilines is 1. The van der Waals surface area contributed by atoms with Gasteiger partial charge in [0.1, 0.15) is 11.6 Å². The van der Waals surface area contributed by atoms with Crippen LogP contribution in [0, 0.1) is 12.7 Å². The first-order valence-electron chi connectivity index (χ1n) is 9.02. The zero-order chi connectivity index (χ0) is 20.5. The molecule has 0 aliphatic heterocycles. The van der Waals surface area contributed by atoms with Crippen LogP contribution in [0.25, 0.3) is 22.3 Å². The van der Waals surface area contributed by atoms with Crippen molar-refractivity contribution in [3.63, 3.8) is 0 Å². The van der Waals surface area contributed by atoms with Crippen LogP contribution < -0.4 is 10.1 Å². The molecule has 6 nitrogen and oxygen atoms in total. The minimum atomic E-state index is -0.417. The van der Waals surface area contributed by atoms with E-state index in [1.54, 1.807) is 37.0 Å². The maximum Gasteiger partial charge on any atom is 0.256 e. The van der Waals surface area contributed by atoms with Crippen LogP contribution in [-0.4, -0.2) is 27.8 Å². The quantitative estimate of drug-likeness (QED) is 0.563. The third-order valence-electron chi connectivity index (χ3n) is 4.68. The standard InChI is InChI=1S/C22H19FN4O2/c1-13-20-18(22(28)24-16-6-4-5-15(23)11-16)12-19(25-21(20)27(2)26-13)14-7-9-17(29-3)10-8-14/h4-12H,1-3H3,(H,24,28). The highest BCUT2D eigenvalue weighted by atomic mass is 19.1. The average Bonchev–Trinajstić information content (AvgIpc) is 3.01. The van der Waals surface area contributed by atoms with Crippen LogP contribution in [0.1, 0.15) is 16.1 Å². The van der Waals surface area contributed by atoms with Crippen LogP contribution in [0.4, 0.5) is 10.1 Å². The zero-order valence-electron chi connectivity index (χ0n) is 16.2. The number of pyridine rings is 1. The summed E-state index contributed by atoms with van der Waals surface area (Å²) < 4.78 is 20.4. The number of rotatable bonds is 4. The minimum absolute atomic E-state index is 0.353. The van der Waals surface area contributed by atoms with Crippen molar-refractivity contribution < 1.29 is 13.9 Å². The van der Waals surface area contributed by atoms with Crippen molar-refractivity contribution in [2.75, 3.05) is 12.4 Å². The van der Waals surface area contributed by atoms with Crippen LogP contribution in [0.15, 0.2) is 54.6 Å². The van der Waals surface area contributed by atoms with E-state index >= 15 is 0 Å². The lowest BCUT2D eigenvalue weighted by Gasteiger charge is -2.10. The predicted molar refractivity (Wildman–Crippen MR) is 110 cm³/mol. The lowest BCUT2D eigenvalue weighted by atomic mass is 10.0. The van der Waals surface area contributed by atoms with Gasteiger partial charge >= 0.3 is 0 Å². The van der Waals surface area contributed by atoms with Gasteiger partial charge in [-0.05, 0) is 55.5 Å². The molecular formula is C22H19FN4O2. The smallest absolute Gasteiger partial charge is 0.256 e. The number of carbonyl (C=O) groups excluding carboxylic acids is 1. The second-order valence-electron chi connectivity index (χ2n) is 6.66. The number of hydrogen-bond donors (Lipinski definition) is 1. The second kappa shape index (κ2) is 7.35. The van der Waals surface area contributed by atoms with E-state index in [-0.39, 0.29) is 5.91 Å². The number of methoxy groups -OCH3 is 1. The Morgan fingerprint density at radius 3 is 2.59 bits per heavy atom. The summed E-state index contributed by atoms with van der Waals surface area (Å²) in [5.74, 6) is -0.0386. The fourth-order valence-electron chi connectivity index (χ4n) is 3.30. The molecule has 0 spiro atoms. The van der Waals surface area contributed by atoms with Crippen LogP contribution >= 0.6 is 0 Å². The Morgan fingerprint density at radius 2 is 1.90 bits per heavy atom. The van der Waals surface area contributed by atoms with Crippen molar-refractivity contribution in [3.8, 4) is 17.0 Å². The number of amides is 1. The van der Waals surface area contributed by atoms with Crippen molar-refractivity contribution in [2.24, 2.45) is 7.05 Å². The van der Waals surface area contributed by atoms with Crippen LogP contribution in [-0.2, 0) is 7.05 Å². The van der Waals surface area contributed by atoms with Gasteiger partial charge in [-0.1, -0.05) is 6.07 Å². The van der Waals surface area contributed by atoms with E-state index < -0.39 is 5.82 Å². The number of hydrogen-bond acceptors (Lipinski definition) is 4. The molecule has 0 unspecified atom stereocenters. The number of nitrogens with zero attached hydrogens (tertiary/aromatic N) is 3. The first-order chi connectivity index (χ1) is 14.0. The van der Waals surface area contributed by atoms with E-state index in [0.29, 0.717) is 33.7 Å². The number of fused-ring (bicyclic) bond motifs is 1. The zero-order valence-corrected chi connectivity index (χ0v) is 16.2. The SMILES string of the molecule is COc1ccc(-c2cc(C(=O)Nc3cccc(F)c3)c3c(C)nn(C)c3n2)cc1. The molecule has 2 aromatic heterocycles. The lowest BCUT2D eigenvalue weighted by Crippen LogP contribution is -2.13. The highest BCUT2D eigenvalue weighted by molar-refractivity contribution is 6.13. The molecular weight excluding hydrogens is 371 g/mol. The third-order valence-corrected chi connectivity index (χ3v) is 4.68. The Labute approximate surface area is 167 Å². The van der Waals surface area contributed by atoms with E-state index in [0.717, 1.165) is 11.3 Å². The summed E-state index contributed by atoms with van der Waals surface area (Å²) in [6, 6.07) is 14.9. The highest BCUT2D eigenvalue weighted by Gasteiger charge is 2.19. The van der Waals surface area contributed by atoms with Crippen molar-refractivity contribution >= 4 is 22.6 Å². The fraction of sp³-hybridized carbons (Fsp3) is 0.136. The number of aryl methyl sites for hydroxylation is 2. The molecule has 0 aliphatic carbocycles. The van der Waals surface area contributed by atoms with E-state index in [9.17, 15) is 9.18 Å². The van der Waals surface area contributed by atoms with Crippen LogP contribution in [0.2, 0.25) is 0 Å². The Kier molecular flexibility index (Phi) is 4.72. The summed E-state index contributed by atoms with van der Waals surface area (Å²) >= 11 is 0. The van der Waals surface area contributed by atoms with Crippen molar-refractivity contribution in [2.45, 2.75) is 6.92 Å². The Balaban J connectivity index is 1.83. The maximum absolute atomic E-state index is 13.5. The molecule has 0 atom stereocenters. The molecule has 146 valence electrons. The van der Waals surface area contributed by atoms with Gasteiger partial charge in [-0.25, -0.2) is 9.37 Å². The minimum Gasteiger partial charge on any atom is -0.497 e. The van der Waals surface area contributed by atoms with Gasteiger partial charge in [-0.3, -0.25) is 9.48 Å². The van der Waals surface area contributed by atoms with Gasteiger partial charge in [-0.15, -0.1) is 0 Å². The largest absolute Gasteiger partial charge is 0.497 e. The molecule has 0 fully saturated rings. The van der Waals surface area contributed by atoms with Gasteiger partial charge in [0.15, 0.2) is 5.65 Å². The lowest BCUT2D eigenvalue weighted by molar-refractivity contribution is 0.102. The van der Waals surface area contributed by atoms with Gasteiger partial charge in [0.05, 0.1) is 29.4 Å². The summed E-state index contributed by atoms with van der Waals surface area (Å²) in [5, 5.41) is 7.84. The molecule has 0 aliphatic rings. The van der Waals surface area contributed by atoms with Crippen LogP contribution in [0.5, 0.6) is 5.75 Å². The molecule has 4 rings (SSSR count). The monoisotopic (exact) mass is 390 g/mol. The number of benzene rings is 2. The van der Waals surface area contributed by atoms with E-state index in [4.69, 9.17) is 9.72 Å². The molecule has 4 aromatic rings. The van der Waals surface area contributed by atoms with E-state index in [2.05, 4.69) is 10.4 Å². The van der Waals surface area contributed by atoms with Gasteiger partial charge in [-0.2, -0.15) is 5.10 Å². The van der Waals surface area contributed by atoms with Gasteiger partial charge in [0.2, 0.25) is 0 Å². The predicted octanol–water partition coefficient (Wildman–Crippen LogP) is 4.34.